The number of ether oxygens (including phenoxy) is 1. The first-order valence-electron chi connectivity index (χ1n) is 7.49. The number of alkyl halides is 2. The Morgan fingerprint density at radius 2 is 2.17 bits per heavy atom. The molecule has 0 bridgehead atoms. The average Bonchev–Trinajstić information content (AvgIpc) is 2.93. The van der Waals surface area contributed by atoms with Gasteiger partial charge in [0.2, 0.25) is 10.0 Å². The summed E-state index contributed by atoms with van der Waals surface area (Å²) in [5.41, 5.74) is 0.848. The van der Waals surface area contributed by atoms with Crippen molar-refractivity contribution in [3.63, 3.8) is 0 Å². The van der Waals surface area contributed by atoms with Gasteiger partial charge in [0, 0.05) is 19.1 Å². The second-order valence-corrected chi connectivity index (χ2v) is 7.84. The van der Waals surface area contributed by atoms with E-state index < -0.39 is 16.6 Å². The molecule has 8 heteroatoms. The quantitative estimate of drug-likeness (QED) is 0.821. The number of nitrogens with one attached hydrogen (secondary N) is 1. The normalized spacial score (nSPS) is 20.8. The molecule has 0 aliphatic carbocycles. The first-order valence-corrected chi connectivity index (χ1v) is 9.34. The lowest BCUT2D eigenvalue weighted by molar-refractivity contribution is -0.0499. The molecule has 1 heterocycles. The molecule has 2 rings (SSSR count). The van der Waals surface area contributed by atoms with Gasteiger partial charge in [0.1, 0.15) is 5.75 Å². The molecule has 1 N–H and O–H groups in total. The van der Waals surface area contributed by atoms with Gasteiger partial charge in [-0.3, -0.25) is 0 Å². The molecular weight excluding hydrogens is 326 g/mol. The fourth-order valence-electron chi connectivity index (χ4n) is 2.69. The van der Waals surface area contributed by atoms with E-state index in [-0.39, 0.29) is 17.7 Å². The molecule has 1 aliphatic heterocycles. The van der Waals surface area contributed by atoms with Gasteiger partial charge in [-0.05, 0) is 43.5 Å². The Labute approximate surface area is 135 Å². The van der Waals surface area contributed by atoms with Crippen LogP contribution in [0.15, 0.2) is 24.3 Å². The van der Waals surface area contributed by atoms with Gasteiger partial charge >= 0.3 is 6.61 Å². The average molecular weight is 348 g/mol. The Hall–Kier alpha value is -1.25. The van der Waals surface area contributed by atoms with E-state index in [9.17, 15) is 17.2 Å². The van der Waals surface area contributed by atoms with E-state index in [1.165, 1.54) is 16.6 Å². The molecule has 23 heavy (non-hydrogen) atoms. The van der Waals surface area contributed by atoms with Crippen molar-refractivity contribution in [2.75, 3.05) is 25.9 Å². The predicted molar refractivity (Wildman–Crippen MR) is 84.0 cm³/mol. The lowest BCUT2D eigenvalue weighted by atomic mass is 10.1. The molecule has 0 saturated carbocycles. The summed E-state index contributed by atoms with van der Waals surface area (Å²) in [6.07, 6.45) is 2.04. The first kappa shape index (κ1) is 18.1. The number of benzene rings is 1. The summed E-state index contributed by atoms with van der Waals surface area (Å²) >= 11 is 0. The minimum absolute atomic E-state index is 0.0384. The van der Waals surface area contributed by atoms with Crippen molar-refractivity contribution in [3.05, 3.63) is 29.8 Å². The molecule has 1 fully saturated rings. The SMILES string of the molecule is C[C@@H](NC[C@@H]1CCN(S(C)(=O)=O)C1)c1cccc(OC(F)F)c1. The summed E-state index contributed by atoms with van der Waals surface area (Å²) in [4.78, 5) is 0. The first-order chi connectivity index (χ1) is 10.8. The molecule has 0 unspecified atom stereocenters. The van der Waals surface area contributed by atoms with Crippen LogP contribution < -0.4 is 10.1 Å². The van der Waals surface area contributed by atoms with Gasteiger partial charge in [0.25, 0.3) is 0 Å². The van der Waals surface area contributed by atoms with Crippen molar-refractivity contribution >= 4 is 10.0 Å². The van der Waals surface area contributed by atoms with Gasteiger partial charge < -0.3 is 10.1 Å². The highest BCUT2D eigenvalue weighted by Gasteiger charge is 2.28. The van der Waals surface area contributed by atoms with Crippen LogP contribution in [0.25, 0.3) is 0 Å². The molecule has 2 atom stereocenters. The number of nitrogens with zero attached hydrogens (tertiary/aromatic N) is 1. The van der Waals surface area contributed by atoms with Gasteiger partial charge in [-0.2, -0.15) is 8.78 Å². The molecule has 130 valence electrons. The number of hydrogen-bond donors (Lipinski definition) is 1. The van der Waals surface area contributed by atoms with Gasteiger partial charge in [0.15, 0.2) is 0 Å². The van der Waals surface area contributed by atoms with E-state index in [4.69, 9.17) is 0 Å². The number of sulfonamides is 1. The molecule has 0 radical (unpaired) electrons. The summed E-state index contributed by atoms with van der Waals surface area (Å²) in [5.74, 6) is 0.392. The second kappa shape index (κ2) is 7.55. The van der Waals surface area contributed by atoms with Gasteiger partial charge in [-0.25, -0.2) is 12.7 Å². The van der Waals surface area contributed by atoms with Crippen LogP contribution in [-0.2, 0) is 10.0 Å². The maximum Gasteiger partial charge on any atom is 0.387 e. The zero-order chi connectivity index (χ0) is 17.0. The van der Waals surface area contributed by atoms with E-state index in [1.54, 1.807) is 12.1 Å². The van der Waals surface area contributed by atoms with Crippen molar-refractivity contribution in [1.29, 1.82) is 0 Å². The fraction of sp³-hybridized carbons (Fsp3) is 0.600. The highest BCUT2D eigenvalue weighted by atomic mass is 32.2. The van der Waals surface area contributed by atoms with Gasteiger partial charge in [0.05, 0.1) is 6.26 Å². The maximum absolute atomic E-state index is 12.2. The predicted octanol–water partition coefficient (Wildman–Crippen LogP) is 2.22. The minimum Gasteiger partial charge on any atom is -0.435 e. The van der Waals surface area contributed by atoms with Crippen LogP contribution in [0.5, 0.6) is 5.75 Å². The van der Waals surface area contributed by atoms with E-state index >= 15 is 0 Å². The summed E-state index contributed by atoms with van der Waals surface area (Å²) in [5, 5.41) is 3.33. The van der Waals surface area contributed by atoms with Crippen LogP contribution in [0, 0.1) is 5.92 Å². The van der Waals surface area contributed by atoms with Crippen LogP contribution in [0.2, 0.25) is 0 Å². The highest BCUT2D eigenvalue weighted by Crippen LogP contribution is 2.22. The molecule has 5 nitrogen and oxygen atoms in total. The Balaban J connectivity index is 1.87. The van der Waals surface area contributed by atoms with E-state index in [2.05, 4.69) is 10.1 Å². The van der Waals surface area contributed by atoms with Crippen molar-refractivity contribution in [3.8, 4) is 5.75 Å². The van der Waals surface area contributed by atoms with E-state index in [0.717, 1.165) is 12.0 Å². The minimum atomic E-state index is -3.13. The molecule has 1 aromatic carbocycles. The summed E-state index contributed by atoms with van der Waals surface area (Å²) in [6, 6.07) is 6.55. The lowest BCUT2D eigenvalue weighted by Gasteiger charge is -2.18. The van der Waals surface area contributed by atoms with Crippen molar-refractivity contribution in [1.82, 2.24) is 9.62 Å². The maximum atomic E-state index is 12.2. The zero-order valence-electron chi connectivity index (χ0n) is 13.2. The summed E-state index contributed by atoms with van der Waals surface area (Å²) in [7, 11) is -3.13. The lowest BCUT2D eigenvalue weighted by Crippen LogP contribution is -2.31. The molecule has 0 amide bonds. The van der Waals surface area contributed by atoms with Crippen LogP contribution in [-0.4, -0.2) is 45.2 Å². The molecule has 1 aromatic rings. The number of hydrogen-bond acceptors (Lipinski definition) is 4. The number of rotatable bonds is 7. The molecule has 0 spiro atoms. The largest absolute Gasteiger partial charge is 0.435 e. The Kier molecular flexibility index (Phi) is 5.94. The Bertz CT molecular complexity index is 625. The van der Waals surface area contributed by atoms with Crippen LogP contribution >= 0.6 is 0 Å². The van der Waals surface area contributed by atoms with Crippen molar-refractivity contribution in [2.45, 2.75) is 26.0 Å². The monoisotopic (exact) mass is 348 g/mol. The third kappa shape index (κ3) is 5.40. The van der Waals surface area contributed by atoms with Crippen molar-refractivity contribution < 1.29 is 21.9 Å². The summed E-state index contributed by atoms with van der Waals surface area (Å²) in [6.45, 7) is 0.844. The summed E-state index contributed by atoms with van der Waals surface area (Å²) < 4.78 is 53.4. The van der Waals surface area contributed by atoms with E-state index in [1.807, 2.05) is 13.0 Å². The third-order valence-corrected chi connectivity index (χ3v) is 5.28. The van der Waals surface area contributed by atoms with Crippen LogP contribution in [0.3, 0.4) is 0 Å². The molecular formula is C15H22F2N2O3S. The molecule has 0 aromatic heterocycles. The molecule has 1 aliphatic rings. The standard InChI is InChI=1S/C15H22F2N2O3S/c1-11(13-4-3-5-14(8-13)22-15(16)17)18-9-12-6-7-19(10-12)23(2,20)21/h3-5,8,11-12,15,18H,6-7,9-10H2,1-2H3/t11-,12+/m1/s1. The van der Waals surface area contributed by atoms with Gasteiger partial charge in [-0.1, -0.05) is 12.1 Å². The number of halogens is 2. The Morgan fingerprint density at radius 1 is 1.43 bits per heavy atom. The highest BCUT2D eigenvalue weighted by molar-refractivity contribution is 7.88. The second-order valence-electron chi connectivity index (χ2n) is 5.86. The zero-order valence-corrected chi connectivity index (χ0v) is 14.0. The fourth-order valence-corrected chi connectivity index (χ4v) is 3.60. The third-order valence-electron chi connectivity index (χ3n) is 4.01. The Morgan fingerprint density at radius 3 is 2.78 bits per heavy atom. The molecule has 1 saturated heterocycles. The topological polar surface area (TPSA) is 58.6 Å². The smallest absolute Gasteiger partial charge is 0.387 e. The van der Waals surface area contributed by atoms with Gasteiger partial charge in [-0.15, -0.1) is 0 Å². The van der Waals surface area contributed by atoms with Crippen molar-refractivity contribution in [2.24, 2.45) is 5.92 Å². The van der Waals surface area contributed by atoms with Crippen LogP contribution in [0.1, 0.15) is 24.9 Å². The van der Waals surface area contributed by atoms with E-state index in [0.29, 0.717) is 19.6 Å². The van der Waals surface area contributed by atoms with Crippen LogP contribution in [0.4, 0.5) is 8.78 Å².